The standard InChI is InChI=1S/C21H14ClF3N4O/c22-14-7-16-17(11-29-20(16)28-10-14)19(30)13-3-5-15(26-9-13)4-1-12-2-6-18(27-8-12)21(23,24)25/h2-3,5-11H,1,4H2,(H,28,29). The number of carbonyl (C=O) groups excluding carboxylic acids is 1. The zero-order valence-electron chi connectivity index (χ0n) is 15.4. The largest absolute Gasteiger partial charge is 0.433 e. The maximum Gasteiger partial charge on any atom is 0.433 e. The molecule has 0 aliphatic heterocycles. The highest BCUT2D eigenvalue weighted by molar-refractivity contribution is 6.31. The van der Waals surface area contributed by atoms with Crippen molar-refractivity contribution >= 4 is 28.4 Å². The first kappa shape index (κ1) is 20.0. The van der Waals surface area contributed by atoms with E-state index in [-0.39, 0.29) is 5.78 Å². The monoisotopic (exact) mass is 430 g/mol. The summed E-state index contributed by atoms with van der Waals surface area (Å²) < 4.78 is 37.7. The smallest absolute Gasteiger partial charge is 0.345 e. The average molecular weight is 431 g/mol. The molecule has 0 aromatic carbocycles. The molecule has 0 radical (unpaired) electrons. The van der Waals surface area contributed by atoms with E-state index in [1.54, 1.807) is 24.4 Å². The number of carbonyl (C=O) groups is 1. The molecule has 0 spiro atoms. The van der Waals surface area contributed by atoms with Crippen LogP contribution in [0.4, 0.5) is 13.2 Å². The SMILES string of the molecule is O=C(c1ccc(CCc2ccc(C(F)(F)F)nc2)nc1)c1c[nH]c2ncc(Cl)cc12. The summed E-state index contributed by atoms with van der Waals surface area (Å²) in [6, 6.07) is 7.45. The van der Waals surface area contributed by atoms with Gasteiger partial charge in [0.15, 0.2) is 5.78 Å². The fourth-order valence-electron chi connectivity index (χ4n) is 3.04. The van der Waals surface area contributed by atoms with Crippen molar-refractivity contribution in [1.29, 1.82) is 0 Å². The number of H-pyrrole nitrogens is 1. The van der Waals surface area contributed by atoms with Crippen molar-refractivity contribution in [3.63, 3.8) is 0 Å². The van der Waals surface area contributed by atoms with Crippen molar-refractivity contribution in [2.75, 3.05) is 0 Å². The van der Waals surface area contributed by atoms with E-state index in [0.717, 1.165) is 11.8 Å². The molecule has 0 aliphatic carbocycles. The van der Waals surface area contributed by atoms with Crippen molar-refractivity contribution < 1.29 is 18.0 Å². The van der Waals surface area contributed by atoms with Crippen molar-refractivity contribution in [2.45, 2.75) is 19.0 Å². The van der Waals surface area contributed by atoms with Crippen LogP contribution in [0.1, 0.15) is 32.9 Å². The first-order valence-corrected chi connectivity index (χ1v) is 9.33. The lowest BCUT2D eigenvalue weighted by Crippen LogP contribution is -2.08. The van der Waals surface area contributed by atoms with Crippen LogP contribution < -0.4 is 0 Å². The summed E-state index contributed by atoms with van der Waals surface area (Å²) in [5, 5.41) is 1.06. The Morgan fingerprint density at radius 2 is 1.83 bits per heavy atom. The maximum atomic E-state index is 12.8. The molecule has 0 atom stereocenters. The van der Waals surface area contributed by atoms with Crippen LogP contribution in [0.25, 0.3) is 11.0 Å². The van der Waals surface area contributed by atoms with Gasteiger partial charge >= 0.3 is 6.18 Å². The molecule has 4 heterocycles. The van der Waals surface area contributed by atoms with E-state index in [1.807, 2.05) is 0 Å². The number of rotatable bonds is 5. The van der Waals surface area contributed by atoms with Crippen LogP contribution in [-0.4, -0.2) is 25.7 Å². The summed E-state index contributed by atoms with van der Waals surface area (Å²) in [5.41, 5.74) is 1.91. The molecular formula is C21H14ClF3N4O. The predicted octanol–water partition coefficient (Wildman–Crippen LogP) is 5.04. The van der Waals surface area contributed by atoms with Gasteiger partial charge in [0.1, 0.15) is 11.3 Å². The van der Waals surface area contributed by atoms with E-state index in [0.29, 0.717) is 45.6 Å². The van der Waals surface area contributed by atoms with E-state index in [4.69, 9.17) is 11.6 Å². The minimum atomic E-state index is -4.45. The van der Waals surface area contributed by atoms with Gasteiger partial charge in [0.2, 0.25) is 0 Å². The summed E-state index contributed by atoms with van der Waals surface area (Å²) in [6.07, 6.45) is 2.33. The first-order valence-electron chi connectivity index (χ1n) is 8.95. The van der Waals surface area contributed by atoms with Crippen molar-refractivity contribution in [2.24, 2.45) is 0 Å². The van der Waals surface area contributed by atoms with Crippen molar-refractivity contribution in [1.82, 2.24) is 19.9 Å². The minimum Gasteiger partial charge on any atom is -0.345 e. The van der Waals surface area contributed by atoms with Crippen molar-refractivity contribution in [3.8, 4) is 0 Å². The highest BCUT2D eigenvalue weighted by Crippen LogP contribution is 2.27. The number of aromatic amines is 1. The summed E-state index contributed by atoms with van der Waals surface area (Å²) in [5.74, 6) is -0.212. The molecule has 4 rings (SSSR count). The molecule has 0 saturated carbocycles. The number of nitrogens with zero attached hydrogens (tertiary/aromatic N) is 3. The molecule has 30 heavy (non-hydrogen) atoms. The van der Waals surface area contributed by atoms with E-state index in [1.165, 1.54) is 24.7 Å². The molecule has 5 nitrogen and oxygen atoms in total. The fourth-order valence-corrected chi connectivity index (χ4v) is 3.20. The van der Waals surface area contributed by atoms with E-state index >= 15 is 0 Å². The van der Waals surface area contributed by atoms with Crippen LogP contribution in [0.3, 0.4) is 0 Å². The highest BCUT2D eigenvalue weighted by atomic mass is 35.5. The molecule has 0 unspecified atom stereocenters. The maximum absolute atomic E-state index is 12.8. The number of nitrogens with one attached hydrogen (secondary N) is 1. The molecular weight excluding hydrogens is 417 g/mol. The van der Waals surface area contributed by atoms with Crippen LogP contribution in [-0.2, 0) is 19.0 Å². The van der Waals surface area contributed by atoms with Gasteiger partial charge in [-0.3, -0.25) is 14.8 Å². The molecule has 152 valence electrons. The van der Waals surface area contributed by atoms with Gasteiger partial charge in [-0.05, 0) is 42.7 Å². The quantitative estimate of drug-likeness (QED) is 0.450. The van der Waals surface area contributed by atoms with Gasteiger partial charge in [-0.1, -0.05) is 17.7 Å². The molecule has 0 bridgehead atoms. The zero-order valence-corrected chi connectivity index (χ0v) is 16.1. The van der Waals surface area contributed by atoms with Gasteiger partial charge in [0, 0.05) is 47.0 Å². The Balaban J connectivity index is 1.45. The third kappa shape index (κ3) is 4.18. The summed E-state index contributed by atoms with van der Waals surface area (Å²) in [4.78, 5) is 27.6. The molecule has 9 heteroatoms. The molecule has 4 aromatic rings. The van der Waals surface area contributed by atoms with Gasteiger partial charge in [-0.25, -0.2) is 4.98 Å². The second-order valence-corrected chi connectivity index (χ2v) is 7.11. The van der Waals surface area contributed by atoms with Crippen molar-refractivity contribution in [3.05, 3.63) is 88.2 Å². The Hall–Kier alpha value is -3.26. The lowest BCUT2D eigenvalue weighted by atomic mass is 10.0. The Labute approximate surface area is 174 Å². The van der Waals surface area contributed by atoms with Crippen LogP contribution in [0.2, 0.25) is 5.02 Å². The van der Waals surface area contributed by atoms with E-state index < -0.39 is 11.9 Å². The van der Waals surface area contributed by atoms with Crippen LogP contribution in [0, 0.1) is 0 Å². The second kappa shape index (κ2) is 7.87. The number of hydrogen-bond acceptors (Lipinski definition) is 4. The fraction of sp³-hybridized carbons (Fsp3) is 0.143. The number of pyridine rings is 3. The Bertz CT molecular complexity index is 1200. The number of ketones is 1. The van der Waals surface area contributed by atoms with Crippen LogP contribution in [0.5, 0.6) is 0 Å². The number of halogens is 4. The second-order valence-electron chi connectivity index (χ2n) is 6.67. The average Bonchev–Trinajstić information content (AvgIpc) is 3.15. The zero-order chi connectivity index (χ0) is 21.3. The summed E-state index contributed by atoms with van der Waals surface area (Å²) in [6.45, 7) is 0. The lowest BCUT2D eigenvalue weighted by molar-refractivity contribution is -0.141. The van der Waals surface area contributed by atoms with Crippen LogP contribution >= 0.6 is 11.6 Å². The third-order valence-corrected chi connectivity index (χ3v) is 4.82. The number of aryl methyl sites for hydroxylation is 2. The van der Waals surface area contributed by atoms with Gasteiger partial charge in [-0.2, -0.15) is 13.2 Å². The molecule has 4 aromatic heterocycles. The number of aromatic nitrogens is 4. The Morgan fingerprint density at radius 1 is 1.00 bits per heavy atom. The first-order chi connectivity index (χ1) is 14.3. The van der Waals surface area contributed by atoms with E-state index in [2.05, 4.69) is 19.9 Å². The minimum absolute atomic E-state index is 0.212. The molecule has 0 saturated heterocycles. The summed E-state index contributed by atoms with van der Waals surface area (Å²) in [7, 11) is 0. The Morgan fingerprint density at radius 3 is 2.50 bits per heavy atom. The normalized spacial score (nSPS) is 11.7. The number of alkyl halides is 3. The van der Waals surface area contributed by atoms with E-state index in [9.17, 15) is 18.0 Å². The molecule has 0 aliphatic rings. The molecule has 0 amide bonds. The van der Waals surface area contributed by atoms with Gasteiger partial charge < -0.3 is 4.98 Å². The lowest BCUT2D eigenvalue weighted by Gasteiger charge is -2.07. The Kier molecular flexibility index (Phi) is 5.26. The molecule has 0 fully saturated rings. The number of hydrogen-bond donors (Lipinski definition) is 1. The van der Waals surface area contributed by atoms with Gasteiger partial charge in [-0.15, -0.1) is 0 Å². The topological polar surface area (TPSA) is 71.5 Å². The van der Waals surface area contributed by atoms with Gasteiger partial charge in [0.05, 0.1) is 5.02 Å². The number of fused-ring (bicyclic) bond motifs is 1. The molecule has 1 N–H and O–H groups in total. The highest BCUT2D eigenvalue weighted by Gasteiger charge is 2.31. The van der Waals surface area contributed by atoms with Crippen LogP contribution in [0.15, 0.2) is 55.1 Å². The predicted molar refractivity (Wildman–Crippen MR) is 105 cm³/mol. The van der Waals surface area contributed by atoms with Gasteiger partial charge in [0.25, 0.3) is 0 Å². The third-order valence-electron chi connectivity index (χ3n) is 4.61. The summed E-state index contributed by atoms with van der Waals surface area (Å²) >= 11 is 5.98.